The topological polar surface area (TPSA) is 68.0 Å². The molecule has 0 saturated carbocycles. The van der Waals surface area contributed by atoms with Crippen LogP contribution in [-0.4, -0.2) is 38.5 Å². The summed E-state index contributed by atoms with van der Waals surface area (Å²) in [5.74, 6) is 5.55. The van der Waals surface area contributed by atoms with E-state index in [1.54, 1.807) is 0 Å². The number of hydrogen-bond donors (Lipinski definition) is 2. The Balaban J connectivity index is 2.50. The molecule has 1 aromatic rings. The van der Waals surface area contributed by atoms with E-state index >= 15 is 0 Å². The van der Waals surface area contributed by atoms with Crippen LogP contribution in [0.4, 0.5) is 5.69 Å². The van der Waals surface area contributed by atoms with Gasteiger partial charge in [0.2, 0.25) is 0 Å². The van der Waals surface area contributed by atoms with E-state index in [0.29, 0.717) is 5.75 Å². The lowest BCUT2D eigenvalue weighted by Crippen LogP contribution is -2.25. The highest BCUT2D eigenvalue weighted by molar-refractivity contribution is 5.49. The van der Waals surface area contributed by atoms with Gasteiger partial charge < -0.3 is 19.6 Å². The Morgan fingerprint density at radius 2 is 2.12 bits per heavy atom. The summed E-state index contributed by atoms with van der Waals surface area (Å²) in [5.41, 5.74) is 1.04. The van der Waals surface area contributed by atoms with E-state index in [0.717, 1.165) is 5.69 Å². The second kappa shape index (κ2) is 6.32. The van der Waals surface area contributed by atoms with Gasteiger partial charge in [0.25, 0.3) is 0 Å². The van der Waals surface area contributed by atoms with Gasteiger partial charge in [0.05, 0.1) is 6.61 Å². The van der Waals surface area contributed by atoms with Gasteiger partial charge in [-0.25, -0.2) is 5.90 Å². The molecule has 0 aliphatic heterocycles. The predicted octanol–water partition coefficient (Wildman–Crippen LogP) is 0.383. The van der Waals surface area contributed by atoms with Crippen molar-refractivity contribution in [3.8, 4) is 5.75 Å². The smallest absolute Gasteiger partial charge is 0.121 e. The maximum absolute atomic E-state index is 9.35. The Labute approximate surface area is 95.3 Å². The highest BCUT2D eigenvalue weighted by Gasteiger charge is 2.05. The number of ether oxygens (including phenoxy) is 1. The summed E-state index contributed by atoms with van der Waals surface area (Å²) in [6.45, 7) is 0.224. The summed E-state index contributed by atoms with van der Waals surface area (Å²) in [6, 6.07) is 7.61. The number of nitrogens with two attached hydrogens (primary N) is 1. The highest BCUT2D eigenvalue weighted by Crippen LogP contribution is 2.19. The molecule has 5 heteroatoms. The van der Waals surface area contributed by atoms with Crippen LogP contribution < -0.4 is 15.5 Å². The fraction of sp³-hybridized carbons (Fsp3) is 0.455. The molecule has 0 radical (unpaired) electrons. The fourth-order valence-corrected chi connectivity index (χ4v) is 1.20. The first-order valence-electron chi connectivity index (χ1n) is 5.03. The van der Waals surface area contributed by atoms with Crippen molar-refractivity contribution in [2.45, 2.75) is 6.10 Å². The van der Waals surface area contributed by atoms with Crippen LogP contribution in [0, 0.1) is 0 Å². The van der Waals surface area contributed by atoms with Crippen LogP contribution in [0.15, 0.2) is 24.3 Å². The zero-order chi connectivity index (χ0) is 12.0. The Hall–Kier alpha value is -1.30. The molecule has 0 heterocycles. The molecule has 0 spiro atoms. The van der Waals surface area contributed by atoms with Gasteiger partial charge in [-0.3, -0.25) is 0 Å². The van der Waals surface area contributed by atoms with Gasteiger partial charge in [-0.05, 0) is 12.1 Å². The van der Waals surface area contributed by atoms with Gasteiger partial charge in [-0.2, -0.15) is 0 Å². The number of aliphatic hydroxyl groups is 1. The summed E-state index contributed by atoms with van der Waals surface area (Å²) in [5, 5.41) is 9.35. The minimum absolute atomic E-state index is 0.0629. The van der Waals surface area contributed by atoms with Crippen molar-refractivity contribution in [3.63, 3.8) is 0 Å². The number of rotatable bonds is 6. The molecule has 0 amide bonds. The number of benzene rings is 1. The van der Waals surface area contributed by atoms with Crippen LogP contribution in [0.5, 0.6) is 5.75 Å². The monoisotopic (exact) mass is 226 g/mol. The van der Waals surface area contributed by atoms with E-state index in [1.807, 2.05) is 43.3 Å². The van der Waals surface area contributed by atoms with E-state index in [1.165, 1.54) is 0 Å². The van der Waals surface area contributed by atoms with Crippen molar-refractivity contribution in [2.24, 2.45) is 5.90 Å². The normalized spacial score (nSPS) is 12.2. The molecule has 1 atom stereocenters. The van der Waals surface area contributed by atoms with E-state index in [9.17, 15) is 5.11 Å². The summed E-state index contributed by atoms with van der Waals surface area (Å²) >= 11 is 0. The molecule has 1 rings (SSSR count). The van der Waals surface area contributed by atoms with Crippen LogP contribution in [0.1, 0.15) is 0 Å². The van der Waals surface area contributed by atoms with Crippen LogP contribution in [0.25, 0.3) is 0 Å². The minimum Gasteiger partial charge on any atom is -0.491 e. The van der Waals surface area contributed by atoms with Crippen LogP contribution in [-0.2, 0) is 4.84 Å². The molecule has 0 fully saturated rings. The third kappa shape index (κ3) is 4.06. The van der Waals surface area contributed by atoms with Gasteiger partial charge in [-0.1, -0.05) is 6.07 Å². The minimum atomic E-state index is -0.715. The Morgan fingerprint density at radius 1 is 1.38 bits per heavy atom. The number of anilines is 1. The van der Waals surface area contributed by atoms with Crippen LogP contribution in [0.3, 0.4) is 0 Å². The summed E-state index contributed by atoms with van der Waals surface area (Å²) in [7, 11) is 3.91. The van der Waals surface area contributed by atoms with Crippen molar-refractivity contribution >= 4 is 5.69 Å². The van der Waals surface area contributed by atoms with Crippen molar-refractivity contribution in [3.05, 3.63) is 24.3 Å². The van der Waals surface area contributed by atoms with E-state index in [2.05, 4.69) is 4.84 Å². The van der Waals surface area contributed by atoms with Gasteiger partial charge >= 0.3 is 0 Å². The number of nitrogens with zero attached hydrogens (tertiary/aromatic N) is 1. The van der Waals surface area contributed by atoms with Crippen molar-refractivity contribution < 1.29 is 14.7 Å². The Bertz CT molecular complexity index is 318. The number of hydrogen-bond acceptors (Lipinski definition) is 5. The quantitative estimate of drug-likeness (QED) is 0.686. The lowest BCUT2D eigenvalue weighted by Gasteiger charge is -2.15. The largest absolute Gasteiger partial charge is 0.491 e. The first-order chi connectivity index (χ1) is 7.63. The van der Waals surface area contributed by atoms with Crippen molar-refractivity contribution in [2.75, 3.05) is 32.2 Å². The molecule has 90 valence electrons. The molecule has 16 heavy (non-hydrogen) atoms. The average molecular weight is 226 g/mol. The fourth-order valence-electron chi connectivity index (χ4n) is 1.20. The molecule has 1 unspecified atom stereocenters. The molecule has 0 bridgehead atoms. The van der Waals surface area contributed by atoms with Crippen molar-refractivity contribution in [1.29, 1.82) is 0 Å². The first-order valence-corrected chi connectivity index (χ1v) is 5.03. The van der Waals surface area contributed by atoms with E-state index in [4.69, 9.17) is 10.6 Å². The summed E-state index contributed by atoms with van der Waals surface area (Å²) in [4.78, 5) is 6.29. The average Bonchev–Trinajstić information content (AvgIpc) is 2.27. The number of aliphatic hydroxyl groups excluding tert-OH is 1. The third-order valence-corrected chi connectivity index (χ3v) is 2.07. The third-order valence-electron chi connectivity index (χ3n) is 2.07. The van der Waals surface area contributed by atoms with Crippen LogP contribution >= 0.6 is 0 Å². The SMILES string of the molecule is CN(C)c1cccc(OCC(O)CON)c1. The second-order valence-electron chi connectivity index (χ2n) is 3.69. The molecule has 0 aliphatic rings. The lowest BCUT2D eigenvalue weighted by atomic mass is 10.3. The zero-order valence-electron chi connectivity index (χ0n) is 9.59. The molecule has 0 saturated heterocycles. The molecule has 0 aromatic heterocycles. The Kier molecular flexibility index (Phi) is 5.04. The van der Waals surface area contributed by atoms with Crippen molar-refractivity contribution in [1.82, 2.24) is 0 Å². The zero-order valence-corrected chi connectivity index (χ0v) is 9.59. The van der Waals surface area contributed by atoms with E-state index < -0.39 is 6.10 Å². The van der Waals surface area contributed by atoms with Gasteiger partial charge in [0.15, 0.2) is 0 Å². The highest BCUT2D eigenvalue weighted by atomic mass is 16.6. The van der Waals surface area contributed by atoms with Gasteiger partial charge in [0, 0.05) is 25.8 Å². The molecule has 1 aromatic carbocycles. The van der Waals surface area contributed by atoms with E-state index in [-0.39, 0.29) is 13.2 Å². The molecular weight excluding hydrogens is 208 g/mol. The summed E-state index contributed by atoms with van der Waals surface area (Å²) in [6.07, 6.45) is -0.715. The summed E-state index contributed by atoms with van der Waals surface area (Å²) < 4.78 is 5.40. The predicted molar refractivity (Wildman–Crippen MR) is 62.4 cm³/mol. The molecular formula is C11H18N2O3. The molecule has 3 N–H and O–H groups in total. The standard InChI is InChI=1S/C11H18N2O3/c1-13(2)9-4-3-5-11(6-9)15-7-10(14)8-16-12/h3-6,10,14H,7-8,12H2,1-2H3. The first kappa shape index (κ1) is 12.8. The molecule has 0 aliphatic carbocycles. The maximum Gasteiger partial charge on any atom is 0.121 e. The Morgan fingerprint density at radius 3 is 2.75 bits per heavy atom. The second-order valence-corrected chi connectivity index (χ2v) is 3.69. The van der Waals surface area contributed by atoms with Gasteiger partial charge in [0.1, 0.15) is 18.5 Å². The lowest BCUT2D eigenvalue weighted by molar-refractivity contribution is 0.0116. The molecule has 5 nitrogen and oxygen atoms in total. The van der Waals surface area contributed by atoms with Crippen LogP contribution in [0.2, 0.25) is 0 Å². The van der Waals surface area contributed by atoms with Gasteiger partial charge in [-0.15, -0.1) is 0 Å². The maximum atomic E-state index is 9.35.